The largest absolute Gasteiger partial charge is 0.487 e. The van der Waals surface area contributed by atoms with Crippen LogP contribution in [0.2, 0.25) is 0 Å². The molecule has 3 aromatic rings. The van der Waals surface area contributed by atoms with Crippen LogP contribution in [0.25, 0.3) is 10.9 Å². The maximum atomic E-state index is 15.0. The fraction of sp³-hybridized carbons (Fsp3) is 0.409. The lowest BCUT2D eigenvalue weighted by Crippen LogP contribution is -2.47. The van der Waals surface area contributed by atoms with Gasteiger partial charge >= 0.3 is 0 Å². The number of piperidine rings is 1. The fourth-order valence-electron chi connectivity index (χ4n) is 4.37. The molecule has 5 rings (SSSR count). The number of alkyl halides is 1. The average molecular weight is 409 g/mol. The van der Waals surface area contributed by atoms with Gasteiger partial charge in [-0.1, -0.05) is 0 Å². The number of carbonyl (C=O) groups is 1. The van der Waals surface area contributed by atoms with Gasteiger partial charge in [-0.2, -0.15) is 5.10 Å². The van der Waals surface area contributed by atoms with Crippen LogP contribution in [0.4, 0.5) is 10.2 Å². The number of halogens is 1. The van der Waals surface area contributed by atoms with Gasteiger partial charge in [0, 0.05) is 32.4 Å². The third-order valence-electron chi connectivity index (χ3n) is 6.02. The van der Waals surface area contributed by atoms with E-state index in [2.05, 4.69) is 5.10 Å². The highest BCUT2D eigenvalue weighted by Gasteiger charge is 2.34. The number of amides is 1. The maximum Gasteiger partial charge on any atom is 0.255 e. The smallest absolute Gasteiger partial charge is 0.255 e. The molecule has 30 heavy (non-hydrogen) atoms. The van der Waals surface area contributed by atoms with Crippen molar-refractivity contribution in [1.29, 1.82) is 0 Å². The lowest BCUT2D eigenvalue weighted by atomic mass is 10.0. The minimum Gasteiger partial charge on any atom is -0.487 e. The molecule has 2 aliphatic rings. The molecular formula is C22H24FN5O2. The molecule has 7 nitrogen and oxygen atoms in total. The van der Waals surface area contributed by atoms with Crippen LogP contribution in [0.15, 0.2) is 30.5 Å². The summed E-state index contributed by atoms with van der Waals surface area (Å²) in [5, 5.41) is 5.21. The zero-order valence-electron chi connectivity index (χ0n) is 17.3. The lowest BCUT2D eigenvalue weighted by Gasteiger charge is -2.36. The summed E-state index contributed by atoms with van der Waals surface area (Å²) in [5.41, 5.74) is 3.32. The molecule has 2 aliphatic heterocycles. The van der Waals surface area contributed by atoms with Gasteiger partial charge in [0.1, 0.15) is 17.7 Å². The first-order valence-electron chi connectivity index (χ1n) is 10.1. The molecule has 2 atom stereocenters. The van der Waals surface area contributed by atoms with Crippen LogP contribution in [0.3, 0.4) is 0 Å². The molecular weight excluding hydrogens is 385 g/mol. The second kappa shape index (κ2) is 6.97. The van der Waals surface area contributed by atoms with Crippen LogP contribution in [0.1, 0.15) is 28.0 Å². The Bertz CT molecular complexity index is 1140. The van der Waals surface area contributed by atoms with E-state index in [1.54, 1.807) is 22.8 Å². The van der Waals surface area contributed by atoms with E-state index >= 15 is 4.39 Å². The molecule has 2 unspecified atom stereocenters. The molecule has 0 aliphatic carbocycles. The van der Waals surface area contributed by atoms with E-state index in [0.29, 0.717) is 30.8 Å². The summed E-state index contributed by atoms with van der Waals surface area (Å²) < 4.78 is 22.8. The van der Waals surface area contributed by atoms with E-state index in [-0.39, 0.29) is 12.5 Å². The second-order valence-corrected chi connectivity index (χ2v) is 8.18. The lowest BCUT2D eigenvalue weighted by molar-refractivity contribution is 0.0816. The number of nitrogens with zero attached hydrogens (tertiary/aromatic N) is 5. The Hall–Kier alpha value is -3.16. The van der Waals surface area contributed by atoms with Crippen molar-refractivity contribution in [3.8, 4) is 5.75 Å². The third kappa shape index (κ3) is 3.07. The standard InChI is InChI=1S/C22H24FN5O2/c1-13-8-16-18(12-26(2)22(16)29)25-21(13)28-7-6-20(17(23)11-28)30-15-4-5-19-14(9-15)10-24-27(19)3/h4-5,8-10,17,20H,6-7,11-12H2,1-3H3. The van der Waals surface area contributed by atoms with Gasteiger partial charge in [0.15, 0.2) is 6.17 Å². The number of hydrogen-bond donors (Lipinski definition) is 0. The number of hydrogen-bond acceptors (Lipinski definition) is 5. The first-order valence-corrected chi connectivity index (χ1v) is 10.1. The fourth-order valence-corrected chi connectivity index (χ4v) is 4.37. The predicted molar refractivity (Wildman–Crippen MR) is 112 cm³/mol. The van der Waals surface area contributed by atoms with E-state index in [1.165, 1.54) is 0 Å². The monoisotopic (exact) mass is 409 g/mol. The SMILES string of the molecule is Cc1cc2c(nc1N1CCC(Oc3ccc4c(cnn4C)c3)C(F)C1)CN(C)C2=O. The van der Waals surface area contributed by atoms with Crippen molar-refractivity contribution in [1.82, 2.24) is 19.7 Å². The molecule has 1 fully saturated rings. The van der Waals surface area contributed by atoms with E-state index in [9.17, 15) is 4.79 Å². The second-order valence-electron chi connectivity index (χ2n) is 8.18. The van der Waals surface area contributed by atoms with Crippen molar-refractivity contribution in [3.05, 3.63) is 47.3 Å². The highest BCUT2D eigenvalue weighted by molar-refractivity contribution is 5.98. The van der Waals surface area contributed by atoms with Crippen LogP contribution in [0.5, 0.6) is 5.75 Å². The molecule has 0 bridgehead atoms. The van der Waals surface area contributed by atoms with E-state index in [0.717, 1.165) is 28.0 Å². The summed E-state index contributed by atoms with van der Waals surface area (Å²) in [5.74, 6) is 1.41. The van der Waals surface area contributed by atoms with Crippen molar-refractivity contribution in [2.75, 3.05) is 25.0 Å². The normalized spacial score (nSPS) is 21.4. The molecule has 2 aromatic heterocycles. The minimum atomic E-state index is -1.14. The van der Waals surface area contributed by atoms with Gasteiger partial charge in [-0.25, -0.2) is 9.37 Å². The molecule has 156 valence electrons. The third-order valence-corrected chi connectivity index (χ3v) is 6.02. The number of aromatic nitrogens is 3. The van der Waals surface area contributed by atoms with Gasteiger partial charge in [0.25, 0.3) is 5.91 Å². The summed E-state index contributed by atoms with van der Waals surface area (Å²) in [6, 6.07) is 7.59. The summed E-state index contributed by atoms with van der Waals surface area (Å²) in [6.45, 7) is 3.29. The van der Waals surface area contributed by atoms with E-state index in [1.807, 2.05) is 43.1 Å². The topological polar surface area (TPSA) is 63.5 Å². The van der Waals surface area contributed by atoms with Gasteiger partial charge in [0.2, 0.25) is 0 Å². The van der Waals surface area contributed by atoms with Gasteiger partial charge < -0.3 is 14.5 Å². The van der Waals surface area contributed by atoms with E-state index in [4.69, 9.17) is 9.72 Å². The Morgan fingerprint density at radius 3 is 2.87 bits per heavy atom. The van der Waals surface area contributed by atoms with Crippen molar-refractivity contribution in [2.45, 2.75) is 32.2 Å². The molecule has 0 spiro atoms. The predicted octanol–water partition coefficient (Wildman–Crippen LogP) is 2.86. The molecule has 1 saturated heterocycles. The number of fused-ring (bicyclic) bond motifs is 2. The number of pyridine rings is 1. The number of anilines is 1. The first-order chi connectivity index (χ1) is 14.4. The molecule has 8 heteroatoms. The van der Waals surface area contributed by atoms with Crippen molar-refractivity contribution >= 4 is 22.6 Å². The highest BCUT2D eigenvalue weighted by atomic mass is 19.1. The van der Waals surface area contributed by atoms with Crippen molar-refractivity contribution in [2.24, 2.45) is 7.05 Å². The molecule has 4 heterocycles. The van der Waals surface area contributed by atoms with Crippen LogP contribution < -0.4 is 9.64 Å². The average Bonchev–Trinajstić information content (AvgIpc) is 3.22. The van der Waals surface area contributed by atoms with Gasteiger partial charge in [-0.15, -0.1) is 0 Å². The quantitative estimate of drug-likeness (QED) is 0.666. The summed E-state index contributed by atoms with van der Waals surface area (Å²) in [7, 11) is 3.65. The Morgan fingerprint density at radius 1 is 1.23 bits per heavy atom. The number of rotatable bonds is 3. The number of aryl methyl sites for hydroxylation is 2. The number of benzene rings is 1. The van der Waals surface area contributed by atoms with Crippen molar-refractivity contribution < 1.29 is 13.9 Å². The van der Waals surface area contributed by atoms with E-state index < -0.39 is 12.3 Å². The first kappa shape index (κ1) is 18.8. The molecule has 1 amide bonds. The molecule has 0 saturated carbocycles. The molecule has 0 N–H and O–H groups in total. The van der Waals surface area contributed by atoms with Crippen molar-refractivity contribution in [3.63, 3.8) is 0 Å². The Morgan fingerprint density at radius 2 is 2.07 bits per heavy atom. The van der Waals surface area contributed by atoms with Crippen LogP contribution >= 0.6 is 0 Å². The van der Waals surface area contributed by atoms with Crippen LogP contribution in [-0.2, 0) is 13.6 Å². The summed E-state index contributed by atoms with van der Waals surface area (Å²) >= 11 is 0. The van der Waals surface area contributed by atoms with Gasteiger partial charge in [0.05, 0.1) is 36.1 Å². The Labute approximate surface area is 174 Å². The zero-order chi connectivity index (χ0) is 21.0. The molecule has 1 aromatic carbocycles. The maximum absolute atomic E-state index is 15.0. The number of carbonyl (C=O) groups excluding carboxylic acids is 1. The highest BCUT2D eigenvalue weighted by Crippen LogP contribution is 2.30. The minimum absolute atomic E-state index is 0.00629. The van der Waals surface area contributed by atoms with Crippen LogP contribution in [-0.4, -0.2) is 58.0 Å². The Balaban J connectivity index is 1.31. The van der Waals surface area contributed by atoms with Gasteiger partial charge in [-0.3, -0.25) is 9.48 Å². The summed E-state index contributed by atoms with van der Waals surface area (Å²) in [6.07, 6.45) is 0.700. The summed E-state index contributed by atoms with van der Waals surface area (Å²) in [4.78, 5) is 20.5. The Kier molecular flexibility index (Phi) is 4.38. The van der Waals surface area contributed by atoms with Gasteiger partial charge in [-0.05, 0) is 36.8 Å². The van der Waals surface area contributed by atoms with Crippen LogP contribution in [0, 0.1) is 6.92 Å². The zero-order valence-corrected chi connectivity index (χ0v) is 17.3. The number of ether oxygens (including phenoxy) is 1. The molecule has 0 radical (unpaired) electrons.